The van der Waals surface area contributed by atoms with Gasteiger partial charge in [-0.1, -0.05) is 32.0 Å². The van der Waals surface area contributed by atoms with Gasteiger partial charge in [0.05, 0.1) is 16.8 Å². The minimum atomic E-state index is 0.360. The second-order valence-corrected chi connectivity index (χ2v) is 8.88. The molecule has 0 aliphatic carbocycles. The molecule has 0 aliphatic heterocycles. The van der Waals surface area contributed by atoms with E-state index >= 15 is 0 Å². The highest BCUT2D eigenvalue weighted by Crippen LogP contribution is 2.35. The monoisotopic (exact) mass is 438 g/mol. The molecule has 0 atom stereocenters. The van der Waals surface area contributed by atoms with Gasteiger partial charge in [-0.05, 0) is 41.0 Å². The number of nitrogens with zero attached hydrogens (tertiary/aromatic N) is 4. The van der Waals surface area contributed by atoms with Crippen molar-refractivity contribution in [1.29, 1.82) is 0 Å². The molecule has 5 rings (SSSR count). The first-order valence-electron chi connectivity index (χ1n) is 10.5. The van der Waals surface area contributed by atoms with Gasteiger partial charge >= 0.3 is 0 Å². The number of para-hydroxylation sites is 1. The van der Waals surface area contributed by atoms with Gasteiger partial charge in [0.1, 0.15) is 5.82 Å². The highest BCUT2D eigenvalue weighted by Gasteiger charge is 2.17. The van der Waals surface area contributed by atoms with E-state index in [4.69, 9.17) is 16.5 Å². The minimum Gasteiger partial charge on any atom is -0.368 e. The summed E-state index contributed by atoms with van der Waals surface area (Å²) >= 11 is 1.67. The van der Waals surface area contributed by atoms with Crippen molar-refractivity contribution >= 4 is 44.0 Å². The lowest BCUT2D eigenvalue weighted by atomic mass is 10.1. The molecular formula is C25H22N6S. The number of thiophene rings is 1. The SMILES string of the molecule is [C-]#[N+]c1cncc(-c2nc(NCCc3c[nH]c4ccccc34)c3scc(C(C)C)c3n2)c1. The van der Waals surface area contributed by atoms with E-state index in [9.17, 15) is 0 Å². The van der Waals surface area contributed by atoms with Crippen molar-refractivity contribution in [3.8, 4) is 11.4 Å². The standard InChI is InChI=1S/C25H22N6S/c1-15(2)20-14-32-23-22(20)30-24(17-10-18(26-3)13-27-11-17)31-25(23)28-9-8-16-12-29-21-7-5-4-6-19(16)21/h4-7,10-15,29H,8-9H2,1-2H3,(H,28,30,31). The van der Waals surface area contributed by atoms with Crippen LogP contribution in [-0.2, 0) is 6.42 Å². The molecular weight excluding hydrogens is 416 g/mol. The van der Waals surface area contributed by atoms with Gasteiger partial charge in [-0.2, -0.15) is 0 Å². The number of rotatable bonds is 6. The predicted octanol–water partition coefficient (Wildman–Crippen LogP) is 6.56. The molecule has 0 saturated carbocycles. The molecule has 1 aromatic carbocycles. The topological polar surface area (TPSA) is 70.8 Å². The molecule has 158 valence electrons. The van der Waals surface area contributed by atoms with Crippen LogP contribution in [0.25, 0.3) is 37.4 Å². The highest BCUT2D eigenvalue weighted by molar-refractivity contribution is 7.18. The molecule has 7 heteroatoms. The number of benzene rings is 1. The molecule has 4 aromatic heterocycles. The Hall–Kier alpha value is -3.76. The lowest BCUT2D eigenvalue weighted by Gasteiger charge is -2.10. The smallest absolute Gasteiger partial charge is 0.205 e. The molecule has 32 heavy (non-hydrogen) atoms. The predicted molar refractivity (Wildman–Crippen MR) is 131 cm³/mol. The van der Waals surface area contributed by atoms with Gasteiger partial charge in [-0.25, -0.2) is 14.8 Å². The van der Waals surface area contributed by atoms with E-state index in [0.717, 1.165) is 40.1 Å². The third-order valence-electron chi connectivity index (χ3n) is 5.54. The molecule has 0 spiro atoms. The van der Waals surface area contributed by atoms with Gasteiger partial charge in [-0.3, -0.25) is 4.98 Å². The summed E-state index contributed by atoms with van der Waals surface area (Å²) in [7, 11) is 0. The van der Waals surface area contributed by atoms with Crippen LogP contribution >= 0.6 is 11.3 Å². The number of hydrogen-bond acceptors (Lipinski definition) is 5. The Balaban J connectivity index is 1.50. The van der Waals surface area contributed by atoms with Gasteiger partial charge in [0.15, 0.2) is 5.82 Å². The van der Waals surface area contributed by atoms with E-state index in [1.54, 1.807) is 29.8 Å². The van der Waals surface area contributed by atoms with E-state index in [1.807, 2.05) is 6.07 Å². The maximum atomic E-state index is 7.29. The van der Waals surface area contributed by atoms with Crippen LogP contribution in [0.15, 0.2) is 54.3 Å². The Morgan fingerprint density at radius 3 is 2.91 bits per heavy atom. The molecule has 2 N–H and O–H groups in total. The highest BCUT2D eigenvalue weighted by atomic mass is 32.1. The average Bonchev–Trinajstić information content (AvgIpc) is 3.43. The lowest BCUT2D eigenvalue weighted by Crippen LogP contribution is -2.07. The van der Waals surface area contributed by atoms with E-state index in [0.29, 0.717) is 17.4 Å². The second-order valence-electron chi connectivity index (χ2n) is 8.00. The van der Waals surface area contributed by atoms with Crippen molar-refractivity contribution in [3.05, 3.63) is 76.8 Å². The van der Waals surface area contributed by atoms with Crippen LogP contribution in [0.2, 0.25) is 0 Å². The minimum absolute atomic E-state index is 0.360. The molecule has 0 amide bonds. The summed E-state index contributed by atoms with van der Waals surface area (Å²) in [5.41, 5.74) is 5.85. The first-order valence-corrected chi connectivity index (χ1v) is 11.4. The summed E-state index contributed by atoms with van der Waals surface area (Å²) < 4.78 is 1.06. The first kappa shape index (κ1) is 20.2. The second kappa shape index (κ2) is 8.40. The van der Waals surface area contributed by atoms with E-state index in [2.05, 4.69) is 63.8 Å². The van der Waals surface area contributed by atoms with E-state index < -0.39 is 0 Å². The van der Waals surface area contributed by atoms with E-state index in [-0.39, 0.29) is 0 Å². The Bertz CT molecular complexity index is 1460. The Kier molecular flexibility index (Phi) is 5.29. The molecule has 0 unspecified atom stereocenters. The van der Waals surface area contributed by atoms with Crippen LogP contribution in [0.1, 0.15) is 30.9 Å². The summed E-state index contributed by atoms with van der Waals surface area (Å²) in [5, 5.41) is 6.97. The summed E-state index contributed by atoms with van der Waals surface area (Å²) in [6.07, 6.45) is 6.23. The first-order chi connectivity index (χ1) is 15.6. The van der Waals surface area contributed by atoms with Gasteiger partial charge in [0.25, 0.3) is 0 Å². The molecule has 0 aliphatic rings. The number of pyridine rings is 1. The van der Waals surface area contributed by atoms with Crippen LogP contribution < -0.4 is 5.32 Å². The number of H-pyrrole nitrogens is 1. The number of anilines is 1. The number of hydrogen-bond donors (Lipinski definition) is 2. The molecule has 0 bridgehead atoms. The van der Waals surface area contributed by atoms with Crippen molar-refractivity contribution < 1.29 is 0 Å². The van der Waals surface area contributed by atoms with Crippen molar-refractivity contribution in [3.63, 3.8) is 0 Å². The third kappa shape index (κ3) is 3.70. The van der Waals surface area contributed by atoms with Crippen molar-refractivity contribution in [1.82, 2.24) is 19.9 Å². The van der Waals surface area contributed by atoms with Crippen LogP contribution in [0.5, 0.6) is 0 Å². The zero-order chi connectivity index (χ0) is 22.1. The van der Waals surface area contributed by atoms with Gasteiger partial charge in [0.2, 0.25) is 5.69 Å². The van der Waals surface area contributed by atoms with Gasteiger partial charge in [-0.15, -0.1) is 11.3 Å². The Morgan fingerprint density at radius 2 is 2.06 bits per heavy atom. The lowest BCUT2D eigenvalue weighted by molar-refractivity contribution is 0.877. The van der Waals surface area contributed by atoms with Crippen LogP contribution in [0.4, 0.5) is 11.5 Å². The van der Waals surface area contributed by atoms with Crippen molar-refractivity contribution in [2.75, 3.05) is 11.9 Å². The Labute approximate surface area is 190 Å². The molecule has 6 nitrogen and oxygen atoms in total. The molecule has 4 heterocycles. The molecule has 0 saturated heterocycles. The van der Waals surface area contributed by atoms with Crippen LogP contribution in [0.3, 0.4) is 0 Å². The maximum absolute atomic E-state index is 7.29. The molecule has 5 aromatic rings. The summed E-state index contributed by atoms with van der Waals surface area (Å²) in [6, 6.07) is 10.1. The zero-order valence-corrected chi connectivity index (χ0v) is 18.7. The fourth-order valence-corrected chi connectivity index (χ4v) is 4.99. The number of nitrogens with one attached hydrogen (secondary N) is 2. The van der Waals surface area contributed by atoms with Crippen molar-refractivity contribution in [2.45, 2.75) is 26.2 Å². The zero-order valence-electron chi connectivity index (χ0n) is 17.9. The third-order valence-corrected chi connectivity index (χ3v) is 6.53. The normalized spacial score (nSPS) is 11.3. The van der Waals surface area contributed by atoms with Gasteiger partial charge < -0.3 is 10.3 Å². The fourth-order valence-electron chi connectivity index (χ4n) is 3.86. The largest absolute Gasteiger partial charge is 0.368 e. The summed E-state index contributed by atoms with van der Waals surface area (Å²) in [4.78, 5) is 20.7. The van der Waals surface area contributed by atoms with Crippen LogP contribution in [0, 0.1) is 6.57 Å². The maximum Gasteiger partial charge on any atom is 0.205 e. The number of aromatic nitrogens is 4. The molecule has 0 radical (unpaired) electrons. The molecule has 0 fully saturated rings. The average molecular weight is 439 g/mol. The van der Waals surface area contributed by atoms with Crippen LogP contribution in [-0.4, -0.2) is 26.5 Å². The van der Waals surface area contributed by atoms with Gasteiger partial charge in [0, 0.05) is 41.6 Å². The number of fused-ring (bicyclic) bond motifs is 2. The summed E-state index contributed by atoms with van der Waals surface area (Å²) in [6.45, 7) is 12.4. The quantitative estimate of drug-likeness (QED) is 0.294. The van der Waals surface area contributed by atoms with Crippen molar-refractivity contribution in [2.24, 2.45) is 0 Å². The Morgan fingerprint density at radius 1 is 1.19 bits per heavy atom. The number of aromatic amines is 1. The van der Waals surface area contributed by atoms with E-state index in [1.165, 1.54) is 16.5 Å². The fraction of sp³-hybridized carbons (Fsp3) is 0.200. The summed E-state index contributed by atoms with van der Waals surface area (Å²) in [5.74, 6) is 1.78.